The molecule has 0 bridgehead atoms. The van der Waals surface area contributed by atoms with E-state index in [4.69, 9.17) is 39.5 Å². The van der Waals surface area contributed by atoms with Crippen molar-refractivity contribution in [1.29, 1.82) is 0 Å². The molecule has 2 amide bonds. The number of likely N-dealkylation sites (N-methyl/N-ethyl adjacent to an activating group) is 1. The number of nitrogens with zero attached hydrogens (tertiary/aromatic N) is 7. The highest BCUT2D eigenvalue weighted by molar-refractivity contribution is 7.47. The summed E-state index contributed by atoms with van der Waals surface area (Å²) in [4.78, 5) is 97.2. The van der Waals surface area contributed by atoms with Crippen molar-refractivity contribution < 1.29 is 85.3 Å². The van der Waals surface area contributed by atoms with Crippen LogP contribution in [0, 0.1) is 5.82 Å². The predicted octanol–water partition coefficient (Wildman–Crippen LogP) is -0.124. The zero-order valence-corrected chi connectivity index (χ0v) is 37.5. The molecule has 0 radical (unpaired) electrons. The summed E-state index contributed by atoms with van der Waals surface area (Å²) in [5.74, 6) is -2.14. The minimum atomic E-state index is -5.44. The van der Waals surface area contributed by atoms with Crippen LogP contribution in [-0.4, -0.2) is 140 Å². The Kier molecular flexibility index (Phi) is 15.5. The summed E-state index contributed by atoms with van der Waals surface area (Å²) < 4.78 is 77.4. The largest absolute Gasteiger partial charge is 0.472 e. The van der Waals surface area contributed by atoms with E-state index >= 15 is 0 Å². The first-order valence-corrected chi connectivity index (χ1v) is 23.2. The molecule has 0 aliphatic carbocycles. The van der Waals surface area contributed by atoms with Crippen LogP contribution in [0.25, 0.3) is 11.2 Å². The van der Waals surface area contributed by atoms with E-state index in [2.05, 4.69) is 29.8 Å². The van der Waals surface area contributed by atoms with Gasteiger partial charge in [0.1, 0.15) is 67.2 Å². The van der Waals surface area contributed by atoms with Crippen molar-refractivity contribution in [2.75, 3.05) is 43.6 Å². The molecular weight excluding hydrogens is 965 g/mol. The molecular formula is C38H43FN10O18P2. The number of anilines is 3. The Morgan fingerprint density at radius 2 is 1.51 bits per heavy atom. The topological polar surface area (TPSA) is 397 Å². The van der Waals surface area contributed by atoms with Crippen molar-refractivity contribution in [2.24, 2.45) is 0 Å². The van der Waals surface area contributed by atoms with Crippen molar-refractivity contribution in [1.82, 2.24) is 34.0 Å². The van der Waals surface area contributed by atoms with Gasteiger partial charge in [-0.15, -0.1) is 0 Å². The van der Waals surface area contributed by atoms with Crippen LogP contribution in [0.5, 0.6) is 0 Å². The molecule has 0 spiro atoms. The van der Waals surface area contributed by atoms with Gasteiger partial charge in [-0.2, -0.15) is 4.98 Å². The van der Waals surface area contributed by atoms with Crippen molar-refractivity contribution in [3.8, 4) is 0 Å². The number of nitrogens with two attached hydrogens (primary N) is 2. The minimum Gasteiger partial charge on any atom is -0.455 e. The Hall–Kier alpha value is -6.33. The number of hydrogen-bond donors (Lipinski definition) is 8. The first-order chi connectivity index (χ1) is 32.6. The van der Waals surface area contributed by atoms with Crippen LogP contribution >= 0.6 is 15.6 Å². The number of aliphatic hydroxyl groups excluding tert-OH is 2. The van der Waals surface area contributed by atoms with E-state index in [0.717, 1.165) is 28.1 Å². The van der Waals surface area contributed by atoms with E-state index in [1.54, 1.807) is 24.3 Å². The molecule has 28 nitrogen and oxygen atoms in total. The molecule has 370 valence electrons. The van der Waals surface area contributed by atoms with Gasteiger partial charge in [0.15, 0.2) is 30.0 Å². The average Bonchev–Trinajstić information content (AvgIpc) is 3.95. The first-order valence-electron chi connectivity index (χ1n) is 20.2. The number of rotatable bonds is 18. The zero-order chi connectivity index (χ0) is 49.8. The molecule has 5 heterocycles. The third-order valence-electron chi connectivity index (χ3n) is 10.3. The number of carbonyl (C=O) groups is 3. The number of esters is 1. The van der Waals surface area contributed by atoms with Crippen molar-refractivity contribution in [2.45, 2.75) is 62.1 Å². The second-order valence-corrected chi connectivity index (χ2v) is 17.9. The Morgan fingerprint density at radius 1 is 0.870 bits per heavy atom. The van der Waals surface area contributed by atoms with Crippen molar-refractivity contribution >= 4 is 62.1 Å². The number of aliphatic hydroxyl groups is 2. The number of nitrogen functional groups attached to an aromatic ring is 2. The van der Waals surface area contributed by atoms with Gasteiger partial charge >= 0.3 is 33.4 Å². The smallest absolute Gasteiger partial charge is 0.455 e. The number of fused-ring (bicyclic) bond motifs is 1. The fraction of sp³-hybridized carbons (Fsp3) is 0.368. The van der Waals surface area contributed by atoms with Gasteiger partial charge in [0, 0.05) is 18.9 Å². The Labute approximate surface area is 387 Å². The summed E-state index contributed by atoms with van der Waals surface area (Å²) in [5, 5.41) is 25.4. The molecule has 0 saturated carbocycles. The molecule has 5 aromatic rings. The highest BCUT2D eigenvalue weighted by atomic mass is 31.2. The number of benzene rings is 2. The molecule has 2 aromatic carbocycles. The lowest BCUT2D eigenvalue weighted by molar-refractivity contribution is -0.157. The van der Waals surface area contributed by atoms with E-state index < -0.39 is 108 Å². The van der Waals surface area contributed by atoms with Gasteiger partial charge in [-0.05, 0) is 41.5 Å². The maximum Gasteiger partial charge on any atom is 0.472 e. The van der Waals surface area contributed by atoms with E-state index in [-0.39, 0.29) is 41.7 Å². The van der Waals surface area contributed by atoms with Crippen LogP contribution in [0.1, 0.15) is 23.6 Å². The number of hydrogen-bond acceptors (Lipinski definition) is 21. The SMILES string of the molecule is CN(CC(=O)OC1C(O)[C@H](n2cnc3c(N)ncnc32)O[C@@H]1COP(=O)(O)O[C@H]1[C@@H](O)[C@H](n2ccc(N)nc2=O)O[C@@H]1COP(=O)(O)O)C(=O)OCc1ccc(NC(=O)Cc2ccc(F)cc2)cc1. The number of nitrogens with one attached hydrogen (secondary N) is 1. The lowest BCUT2D eigenvalue weighted by atomic mass is 10.1. The standard InChI is InChI=1S/C38H43FN10O18P2/c1-47(38(55)61-14-20-4-8-22(9-5-20)45-26(50)12-19-2-6-21(39)7-3-19)13-27(51)66-31-23(64-36(29(31)52)49-18-44-28-33(41)42-17-43-34(28)49)16-63-69(59,60)67-32-24(15-62-68(56,57)58)65-35(30(32)53)48-11-10-25(40)46-37(48)54/h2-11,17-18,23-24,29-32,35-36,52-53H,12-16H2,1H3,(H,45,50)(H,59,60)(H2,40,46,54)(H2,41,42,43)(H2,56,57,58)/t23-,24-,29?,30-,31?,32-,35-,36-/m1/s1. The molecule has 3 aromatic heterocycles. The van der Waals surface area contributed by atoms with E-state index in [1.165, 1.54) is 42.2 Å². The zero-order valence-electron chi connectivity index (χ0n) is 35.7. The molecule has 10 N–H and O–H groups in total. The summed E-state index contributed by atoms with van der Waals surface area (Å²) in [7, 11) is -9.42. The molecule has 31 heteroatoms. The Bertz CT molecular complexity index is 2820. The Morgan fingerprint density at radius 3 is 2.19 bits per heavy atom. The van der Waals surface area contributed by atoms with E-state index in [9.17, 15) is 57.6 Å². The quantitative estimate of drug-likeness (QED) is 0.0419. The van der Waals surface area contributed by atoms with Crippen LogP contribution < -0.4 is 22.5 Å². The first kappa shape index (κ1) is 50.5. The molecule has 2 fully saturated rings. The summed E-state index contributed by atoms with van der Waals surface area (Å²) in [6.45, 7) is -3.06. The highest BCUT2D eigenvalue weighted by Gasteiger charge is 2.52. The van der Waals surface area contributed by atoms with Crippen molar-refractivity contribution in [3.05, 3.63) is 101 Å². The molecule has 2 saturated heterocycles. The molecule has 69 heavy (non-hydrogen) atoms. The molecule has 3 unspecified atom stereocenters. The van der Waals surface area contributed by atoms with Gasteiger partial charge in [-0.25, -0.2) is 38.1 Å². The lowest BCUT2D eigenvalue weighted by Crippen LogP contribution is -2.42. The lowest BCUT2D eigenvalue weighted by Gasteiger charge is -2.25. The number of amides is 2. The number of aromatic nitrogens is 6. The fourth-order valence-electron chi connectivity index (χ4n) is 7.02. The monoisotopic (exact) mass is 1010 g/mol. The summed E-state index contributed by atoms with van der Waals surface area (Å²) in [5.41, 5.74) is 12.1. The van der Waals surface area contributed by atoms with Crippen LogP contribution in [0.15, 0.2) is 78.2 Å². The molecule has 9 atom stereocenters. The predicted molar refractivity (Wildman–Crippen MR) is 229 cm³/mol. The number of imidazole rings is 1. The summed E-state index contributed by atoms with van der Waals surface area (Å²) in [6.07, 6.45) is -11.7. The fourth-order valence-corrected chi connectivity index (χ4v) is 8.33. The second-order valence-electron chi connectivity index (χ2n) is 15.3. The number of phosphoric ester groups is 2. The van der Waals surface area contributed by atoms with Crippen molar-refractivity contribution in [3.63, 3.8) is 0 Å². The van der Waals surface area contributed by atoms with E-state index in [0.29, 0.717) is 16.8 Å². The van der Waals surface area contributed by atoms with Crippen LogP contribution in [-0.2, 0) is 64.3 Å². The highest BCUT2D eigenvalue weighted by Crippen LogP contribution is 2.50. The third kappa shape index (κ3) is 12.7. The van der Waals surface area contributed by atoms with Gasteiger partial charge in [0.25, 0.3) is 0 Å². The third-order valence-corrected chi connectivity index (χ3v) is 11.8. The number of halogens is 1. The van der Waals surface area contributed by atoms with Gasteiger partial charge in [-0.3, -0.25) is 32.3 Å². The minimum absolute atomic E-state index is 0.00698. The van der Waals surface area contributed by atoms with Gasteiger partial charge in [0.05, 0.1) is 26.0 Å². The molecule has 7 rings (SSSR count). The Balaban J connectivity index is 0.995. The second kappa shape index (κ2) is 21.1. The van der Waals surface area contributed by atoms with Crippen LogP contribution in [0.3, 0.4) is 0 Å². The van der Waals surface area contributed by atoms with E-state index in [1.807, 2.05) is 0 Å². The summed E-state index contributed by atoms with van der Waals surface area (Å²) >= 11 is 0. The average molecular weight is 1010 g/mol. The molecule has 2 aliphatic rings. The molecule has 2 aliphatic heterocycles. The van der Waals surface area contributed by atoms with Gasteiger partial charge < -0.3 is 65.5 Å². The van der Waals surface area contributed by atoms with Crippen LogP contribution in [0.2, 0.25) is 0 Å². The number of phosphoric acid groups is 2. The number of carbonyl (C=O) groups excluding carboxylic acids is 3. The van der Waals surface area contributed by atoms with Crippen LogP contribution in [0.4, 0.5) is 26.5 Å². The maximum atomic E-state index is 13.5. The van der Waals surface area contributed by atoms with Gasteiger partial charge in [0.2, 0.25) is 5.91 Å². The van der Waals surface area contributed by atoms with Gasteiger partial charge in [-0.1, -0.05) is 24.3 Å². The number of ether oxygens (including phenoxy) is 4. The maximum absolute atomic E-state index is 13.5. The normalized spacial score (nSPS) is 23.3. The summed E-state index contributed by atoms with van der Waals surface area (Å²) in [6, 6.07) is 12.9.